The van der Waals surface area contributed by atoms with Gasteiger partial charge in [0, 0.05) is 10.7 Å². The number of carbonyl (C=O) groups is 1. The van der Waals surface area contributed by atoms with Crippen LogP contribution in [0.3, 0.4) is 0 Å². The molecule has 0 radical (unpaired) electrons. The fourth-order valence-electron chi connectivity index (χ4n) is 2.71. The van der Waals surface area contributed by atoms with E-state index in [9.17, 15) is 9.18 Å². The van der Waals surface area contributed by atoms with Crippen LogP contribution >= 0.6 is 15.9 Å². The standard InChI is InChI=1S/C19H17BrFN3O2/c1-3-26-19(25)12-8-11(20)9-15(17(12)22)24-14-6-7-23-18-10(2)4-5-13(21)16(14)18/h4-9H,3,22H2,1-2H3,(H,23,24). The predicted molar refractivity (Wildman–Crippen MR) is 104 cm³/mol. The SMILES string of the molecule is CCOC(=O)c1cc(Br)cc(Nc2ccnc3c(C)ccc(F)c23)c1N. The van der Waals surface area contributed by atoms with Crippen molar-refractivity contribution in [2.45, 2.75) is 13.8 Å². The number of aryl methyl sites for hydroxylation is 1. The molecule has 7 heteroatoms. The van der Waals surface area contributed by atoms with Crippen LogP contribution in [0.2, 0.25) is 0 Å². The van der Waals surface area contributed by atoms with Crippen LogP contribution in [0.1, 0.15) is 22.8 Å². The summed E-state index contributed by atoms with van der Waals surface area (Å²) in [5, 5.41) is 3.48. The molecule has 0 bridgehead atoms. The van der Waals surface area contributed by atoms with Crippen LogP contribution in [0.15, 0.2) is 41.0 Å². The average Bonchev–Trinajstić information content (AvgIpc) is 2.61. The number of anilines is 3. The van der Waals surface area contributed by atoms with Crippen LogP contribution < -0.4 is 11.1 Å². The number of rotatable bonds is 4. The van der Waals surface area contributed by atoms with Gasteiger partial charge in [-0.25, -0.2) is 9.18 Å². The summed E-state index contributed by atoms with van der Waals surface area (Å²) < 4.78 is 20.1. The molecule has 0 saturated carbocycles. The lowest BCUT2D eigenvalue weighted by Crippen LogP contribution is -2.10. The lowest BCUT2D eigenvalue weighted by molar-refractivity contribution is 0.0527. The van der Waals surface area contributed by atoms with Crippen molar-refractivity contribution in [2.75, 3.05) is 17.7 Å². The molecule has 0 aliphatic carbocycles. The van der Waals surface area contributed by atoms with E-state index in [1.807, 2.05) is 6.92 Å². The largest absolute Gasteiger partial charge is 0.462 e. The number of halogens is 2. The van der Waals surface area contributed by atoms with Gasteiger partial charge in [0.25, 0.3) is 0 Å². The Hall–Kier alpha value is -2.67. The molecule has 0 fully saturated rings. The maximum atomic E-state index is 14.4. The third kappa shape index (κ3) is 3.35. The van der Waals surface area contributed by atoms with E-state index in [2.05, 4.69) is 26.2 Å². The molecule has 0 atom stereocenters. The minimum absolute atomic E-state index is 0.227. The lowest BCUT2D eigenvalue weighted by Gasteiger charge is -2.15. The van der Waals surface area contributed by atoms with Crippen LogP contribution in [0.5, 0.6) is 0 Å². The summed E-state index contributed by atoms with van der Waals surface area (Å²) in [6, 6.07) is 8.06. The molecule has 0 spiro atoms. The van der Waals surface area contributed by atoms with E-state index in [0.29, 0.717) is 26.8 Å². The molecule has 134 valence electrons. The van der Waals surface area contributed by atoms with Crippen LogP contribution in [-0.2, 0) is 4.74 Å². The second-order valence-corrected chi connectivity index (χ2v) is 6.62. The molecule has 0 aliphatic rings. The Morgan fingerprint density at radius 2 is 2.08 bits per heavy atom. The van der Waals surface area contributed by atoms with E-state index in [0.717, 1.165) is 5.56 Å². The van der Waals surface area contributed by atoms with Crippen molar-refractivity contribution in [3.05, 3.63) is 57.9 Å². The average molecular weight is 418 g/mol. The molecule has 3 N–H and O–H groups in total. The highest BCUT2D eigenvalue weighted by molar-refractivity contribution is 9.10. The normalized spacial score (nSPS) is 10.8. The molecule has 0 aliphatic heterocycles. The Bertz CT molecular complexity index is 1010. The maximum Gasteiger partial charge on any atom is 0.340 e. The first-order chi connectivity index (χ1) is 12.4. The minimum atomic E-state index is -0.518. The number of hydrogen-bond acceptors (Lipinski definition) is 5. The Labute approximate surface area is 158 Å². The van der Waals surface area contributed by atoms with Crippen molar-refractivity contribution in [2.24, 2.45) is 0 Å². The van der Waals surface area contributed by atoms with E-state index in [-0.39, 0.29) is 23.7 Å². The van der Waals surface area contributed by atoms with E-state index >= 15 is 0 Å². The zero-order valence-electron chi connectivity index (χ0n) is 14.3. The third-order valence-electron chi connectivity index (χ3n) is 3.95. The number of aromatic nitrogens is 1. The van der Waals surface area contributed by atoms with Crippen LogP contribution in [-0.4, -0.2) is 17.6 Å². The van der Waals surface area contributed by atoms with E-state index in [1.54, 1.807) is 37.4 Å². The quantitative estimate of drug-likeness (QED) is 0.463. The maximum absolute atomic E-state index is 14.4. The summed E-state index contributed by atoms with van der Waals surface area (Å²) in [5.41, 5.74) is 9.01. The Balaban J connectivity index is 2.12. The number of esters is 1. The van der Waals surface area contributed by atoms with E-state index < -0.39 is 5.97 Å². The van der Waals surface area contributed by atoms with Gasteiger partial charge in [0.15, 0.2) is 0 Å². The molecule has 3 aromatic rings. The van der Waals surface area contributed by atoms with Gasteiger partial charge in [0.1, 0.15) is 5.82 Å². The first-order valence-corrected chi connectivity index (χ1v) is 8.78. The molecule has 26 heavy (non-hydrogen) atoms. The third-order valence-corrected chi connectivity index (χ3v) is 4.41. The number of nitrogens with zero attached hydrogens (tertiary/aromatic N) is 1. The molecule has 1 aromatic heterocycles. The highest BCUT2D eigenvalue weighted by Gasteiger charge is 2.17. The smallest absolute Gasteiger partial charge is 0.340 e. The van der Waals surface area contributed by atoms with Gasteiger partial charge < -0.3 is 15.8 Å². The summed E-state index contributed by atoms with van der Waals surface area (Å²) in [6.07, 6.45) is 1.59. The zero-order valence-corrected chi connectivity index (χ0v) is 15.9. The van der Waals surface area contributed by atoms with Crippen molar-refractivity contribution in [1.29, 1.82) is 0 Å². The number of nitrogens with one attached hydrogen (secondary N) is 1. The molecule has 5 nitrogen and oxygen atoms in total. The van der Waals surface area contributed by atoms with Gasteiger partial charge in [-0.3, -0.25) is 4.98 Å². The monoisotopic (exact) mass is 417 g/mol. The van der Waals surface area contributed by atoms with Crippen LogP contribution in [0, 0.1) is 12.7 Å². The van der Waals surface area contributed by atoms with Crippen molar-refractivity contribution >= 4 is 49.9 Å². The lowest BCUT2D eigenvalue weighted by atomic mass is 10.1. The molecule has 0 unspecified atom stereocenters. The highest BCUT2D eigenvalue weighted by atomic mass is 79.9. The summed E-state index contributed by atoms with van der Waals surface area (Å²) in [4.78, 5) is 16.4. The Morgan fingerprint density at radius 1 is 1.31 bits per heavy atom. The molecule has 3 rings (SSSR count). The number of ether oxygens (including phenoxy) is 1. The predicted octanol–water partition coefficient (Wildman–Crippen LogP) is 4.95. The fourth-order valence-corrected chi connectivity index (χ4v) is 3.17. The molecule has 0 amide bonds. The number of nitrogen functional groups attached to an aromatic ring is 1. The van der Waals surface area contributed by atoms with Gasteiger partial charge in [0.05, 0.1) is 40.1 Å². The Kier molecular flexibility index (Phi) is 5.08. The summed E-state index contributed by atoms with van der Waals surface area (Å²) in [5.74, 6) is -0.906. The van der Waals surface area contributed by atoms with Crippen LogP contribution in [0.25, 0.3) is 10.9 Å². The number of nitrogens with two attached hydrogens (primary N) is 1. The second kappa shape index (κ2) is 7.29. The summed E-state index contributed by atoms with van der Waals surface area (Å²) >= 11 is 3.37. The first kappa shape index (κ1) is 18.1. The number of carbonyl (C=O) groups excluding carboxylic acids is 1. The molecule has 2 aromatic carbocycles. The van der Waals surface area contributed by atoms with Crippen molar-refractivity contribution in [3.63, 3.8) is 0 Å². The second-order valence-electron chi connectivity index (χ2n) is 5.71. The molecular formula is C19H17BrFN3O2. The summed E-state index contributed by atoms with van der Waals surface area (Å²) in [7, 11) is 0. The van der Waals surface area contributed by atoms with Crippen molar-refractivity contribution < 1.29 is 13.9 Å². The van der Waals surface area contributed by atoms with Gasteiger partial charge in [-0.1, -0.05) is 22.0 Å². The first-order valence-electron chi connectivity index (χ1n) is 7.99. The molecule has 1 heterocycles. The highest BCUT2D eigenvalue weighted by Crippen LogP contribution is 2.34. The number of fused-ring (bicyclic) bond motifs is 1. The molecular weight excluding hydrogens is 401 g/mol. The van der Waals surface area contributed by atoms with Crippen LogP contribution in [0.4, 0.5) is 21.5 Å². The van der Waals surface area contributed by atoms with Gasteiger partial charge in [-0.2, -0.15) is 0 Å². The number of pyridine rings is 1. The van der Waals surface area contributed by atoms with Gasteiger partial charge in [-0.15, -0.1) is 0 Å². The topological polar surface area (TPSA) is 77.2 Å². The minimum Gasteiger partial charge on any atom is -0.462 e. The fraction of sp³-hybridized carbons (Fsp3) is 0.158. The van der Waals surface area contributed by atoms with Crippen molar-refractivity contribution in [3.8, 4) is 0 Å². The van der Waals surface area contributed by atoms with Gasteiger partial charge >= 0.3 is 5.97 Å². The Morgan fingerprint density at radius 3 is 2.81 bits per heavy atom. The van der Waals surface area contributed by atoms with E-state index in [4.69, 9.17) is 10.5 Å². The van der Waals surface area contributed by atoms with Gasteiger partial charge in [0.2, 0.25) is 0 Å². The van der Waals surface area contributed by atoms with E-state index in [1.165, 1.54) is 6.07 Å². The zero-order chi connectivity index (χ0) is 18.8. The number of benzene rings is 2. The van der Waals surface area contributed by atoms with Gasteiger partial charge in [-0.05, 0) is 43.7 Å². The summed E-state index contributed by atoms with van der Waals surface area (Å²) in [6.45, 7) is 3.83. The number of hydrogen-bond donors (Lipinski definition) is 2. The van der Waals surface area contributed by atoms with Crippen molar-refractivity contribution in [1.82, 2.24) is 4.98 Å². The molecule has 0 saturated heterocycles.